The molecule has 0 saturated carbocycles. The quantitative estimate of drug-likeness (QED) is 0.726. The van der Waals surface area contributed by atoms with Crippen molar-refractivity contribution >= 4 is 43.4 Å². The molecule has 0 radical (unpaired) electrons. The van der Waals surface area contributed by atoms with E-state index in [9.17, 15) is 4.39 Å². The number of benzene rings is 1. The largest absolute Gasteiger partial charge is 0.435 e. The molecule has 0 spiro atoms. The first-order valence-electron chi connectivity index (χ1n) is 6.15. The minimum atomic E-state index is -0.450. The highest BCUT2D eigenvalue weighted by Gasteiger charge is 2.14. The minimum Gasteiger partial charge on any atom is -0.435 e. The molecule has 0 bridgehead atoms. The third-order valence-electron chi connectivity index (χ3n) is 2.81. The highest BCUT2D eigenvalue weighted by atomic mass is 79.9. The van der Waals surface area contributed by atoms with Crippen molar-refractivity contribution in [3.05, 3.63) is 39.4 Å². The van der Waals surface area contributed by atoms with Crippen LogP contribution in [0.4, 0.5) is 10.3 Å². The van der Waals surface area contributed by atoms with Gasteiger partial charge in [-0.1, -0.05) is 15.9 Å². The zero-order valence-corrected chi connectivity index (χ0v) is 13.7. The van der Waals surface area contributed by atoms with Crippen molar-refractivity contribution in [2.24, 2.45) is 0 Å². The SMILES string of the molecule is CNc1nc(Oc2ccc(Br)cc2F)c2cc(C)sc2n1. The van der Waals surface area contributed by atoms with Gasteiger partial charge >= 0.3 is 0 Å². The summed E-state index contributed by atoms with van der Waals surface area (Å²) < 4.78 is 20.2. The van der Waals surface area contributed by atoms with Gasteiger partial charge in [0.1, 0.15) is 4.83 Å². The number of hydrogen-bond donors (Lipinski definition) is 1. The predicted molar refractivity (Wildman–Crippen MR) is 85.9 cm³/mol. The molecule has 0 unspecified atom stereocenters. The van der Waals surface area contributed by atoms with E-state index < -0.39 is 5.82 Å². The van der Waals surface area contributed by atoms with E-state index in [1.165, 1.54) is 6.07 Å². The van der Waals surface area contributed by atoms with Crippen LogP contribution in [0.25, 0.3) is 10.2 Å². The summed E-state index contributed by atoms with van der Waals surface area (Å²) >= 11 is 4.76. The van der Waals surface area contributed by atoms with Gasteiger partial charge in [0.05, 0.1) is 5.39 Å². The van der Waals surface area contributed by atoms with Gasteiger partial charge in [0.25, 0.3) is 0 Å². The Morgan fingerprint density at radius 2 is 2.10 bits per heavy atom. The second kappa shape index (κ2) is 5.57. The standard InChI is InChI=1S/C14H11BrFN3OS/c1-7-5-9-12(18-14(17-2)19-13(9)21-7)20-11-4-3-8(15)6-10(11)16/h3-6H,1-2H3,(H,17,18,19). The molecule has 3 rings (SSSR count). The zero-order valence-electron chi connectivity index (χ0n) is 11.3. The zero-order chi connectivity index (χ0) is 15.0. The lowest BCUT2D eigenvalue weighted by Crippen LogP contribution is -1.99. The van der Waals surface area contributed by atoms with Crippen LogP contribution in [0.5, 0.6) is 11.6 Å². The Labute approximate surface area is 133 Å². The normalized spacial score (nSPS) is 10.9. The molecule has 1 aromatic carbocycles. The van der Waals surface area contributed by atoms with E-state index in [0.717, 1.165) is 15.1 Å². The molecule has 1 N–H and O–H groups in total. The third-order valence-corrected chi connectivity index (χ3v) is 4.24. The summed E-state index contributed by atoms with van der Waals surface area (Å²) in [4.78, 5) is 10.5. The number of hydrogen-bond acceptors (Lipinski definition) is 5. The second-order valence-electron chi connectivity index (χ2n) is 4.36. The lowest BCUT2D eigenvalue weighted by molar-refractivity contribution is 0.432. The van der Waals surface area contributed by atoms with E-state index in [-0.39, 0.29) is 5.75 Å². The molecule has 108 valence electrons. The molecule has 2 heterocycles. The Hall–Kier alpha value is -1.73. The summed E-state index contributed by atoms with van der Waals surface area (Å²) in [5.41, 5.74) is 0. The van der Waals surface area contributed by atoms with Crippen LogP contribution in [-0.2, 0) is 0 Å². The van der Waals surface area contributed by atoms with Crippen molar-refractivity contribution < 1.29 is 9.13 Å². The topological polar surface area (TPSA) is 47.0 Å². The van der Waals surface area contributed by atoms with Crippen molar-refractivity contribution in [3.8, 4) is 11.6 Å². The van der Waals surface area contributed by atoms with Crippen LogP contribution in [0.2, 0.25) is 0 Å². The summed E-state index contributed by atoms with van der Waals surface area (Å²) in [5, 5.41) is 3.66. The molecule has 0 aliphatic rings. The number of thiophene rings is 1. The Kier molecular flexibility index (Phi) is 3.77. The van der Waals surface area contributed by atoms with Gasteiger partial charge in [0.2, 0.25) is 11.8 Å². The fourth-order valence-electron chi connectivity index (χ4n) is 1.87. The molecule has 0 aliphatic carbocycles. The van der Waals surface area contributed by atoms with Gasteiger partial charge < -0.3 is 10.1 Å². The molecular formula is C14H11BrFN3OS. The van der Waals surface area contributed by atoms with E-state index in [1.54, 1.807) is 30.5 Å². The lowest BCUT2D eigenvalue weighted by atomic mass is 10.3. The van der Waals surface area contributed by atoms with Crippen LogP contribution in [0, 0.1) is 12.7 Å². The van der Waals surface area contributed by atoms with E-state index in [0.29, 0.717) is 16.3 Å². The van der Waals surface area contributed by atoms with E-state index in [2.05, 4.69) is 31.2 Å². The van der Waals surface area contributed by atoms with E-state index >= 15 is 0 Å². The van der Waals surface area contributed by atoms with Gasteiger partial charge in [0.15, 0.2) is 11.6 Å². The average Bonchev–Trinajstić information content (AvgIpc) is 2.82. The predicted octanol–water partition coefficient (Wildman–Crippen LogP) is 4.74. The summed E-state index contributed by atoms with van der Waals surface area (Å²) in [6, 6.07) is 6.57. The van der Waals surface area contributed by atoms with Gasteiger partial charge in [-0.05, 0) is 31.2 Å². The number of fused-ring (bicyclic) bond motifs is 1. The Balaban J connectivity index is 2.10. The van der Waals surface area contributed by atoms with Gasteiger partial charge in [-0.3, -0.25) is 0 Å². The number of nitrogens with zero attached hydrogens (tertiary/aromatic N) is 2. The molecule has 0 amide bonds. The van der Waals surface area contributed by atoms with Crippen LogP contribution < -0.4 is 10.1 Å². The monoisotopic (exact) mass is 367 g/mol. The molecule has 0 aliphatic heterocycles. The highest BCUT2D eigenvalue weighted by Crippen LogP contribution is 2.34. The third kappa shape index (κ3) is 2.84. The summed E-state index contributed by atoms with van der Waals surface area (Å²) in [7, 11) is 1.73. The fourth-order valence-corrected chi connectivity index (χ4v) is 3.07. The maximum Gasteiger partial charge on any atom is 0.233 e. The van der Waals surface area contributed by atoms with Crippen molar-refractivity contribution in [1.82, 2.24) is 9.97 Å². The van der Waals surface area contributed by atoms with Gasteiger partial charge in [0, 0.05) is 16.4 Å². The molecule has 2 aromatic heterocycles. The molecule has 3 aromatic rings. The highest BCUT2D eigenvalue weighted by molar-refractivity contribution is 9.10. The van der Waals surface area contributed by atoms with Crippen LogP contribution in [0.15, 0.2) is 28.7 Å². The average molecular weight is 368 g/mol. The van der Waals surface area contributed by atoms with Crippen LogP contribution in [0.1, 0.15) is 4.88 Å². The first-order valence-corrected chi connectivity index (χ1v) is 7.76. The van der Waals surface area contributed by atoms with Crippen LogP contribution >= 0.6 is 27.3 Å². The molecule has 0 atom stereocenters. The number of anilines is 1. The second-order valence-corrected chi connectivity index (χ2v) is 6.51. The minimum absolute atomic E-state index is 0.129. The van der Waals surface area contributed by atoms with Crippen molar-refractivity contribution in [2.75, 3.05) is 12.4 Å². The number of rotatable bonds is 3. The number of aromatic nitrogens is 2. The van der Waals surface area contributed by atoms with E-state index in [1.807, 2.05) is 13.0 Å². The number of aryl methyl sites for hydroxylation is 1. The smallest absolute Gasteiger partial charge is 0.233 e. The summed E-state index contributed by atoms with van der Waals surface area (Å²) in [5.74, 6) is 0.463. The molecule has 0 fully saturated rings. The molecular weight excluding hydrogens is 357 g/mol. The van der Waals surface area contributed by atoms with E-state index in [4.69, 9.17) is 4.74 Å². The molecule has 7 heteroatoms. The molecule has 0 saturated heterocycles. The molecule has 4 nitrogen and oxygen atoms in total. The summed E-state index contributed by atoms with van der Waals surface area (Å²) in [6.07, 6.45) is 0. The first kappa shape index (κ1) is 14.2. The number of nitrogens with one attached hydrogen (secondary N) is 1. The van der Waals surface area contributed by atoms with Crippen LogP contribution in [0.3, 0.4) is 0 Å². The maximum absolute atomic E-state index is 13.9. The van der Waals surface area contributed by atoms with Gasteiger partial charge in [-0.25, -0.2) is 9.37 Å². The van der Waals surface area contributed by atoms with Crippen molar-refractivity contribution in [3.63, 3.8) is 0 Å². The molecule has 21 heavy (non-hydrogen) atoms. The number of ether oxygens (including phenoxy) is 1. The Bertz CT molecular complexity index is 821. The van der Waals surface area contributed by atoms with Gasteiger partial charge in [-0.15, -0.1) is 11.3 Å². The maximum atomic E-state index is 13.9. The van der Waals surface area contributed by atoms with Crippen molar-refractivity contribution in [2.45, 2.75) is 6.92 Å². The van der Waals surface area contributed by atoms with Crippen LogP contribution in [-0.4, -0.2) is 17.0 Å². The lowest BCUT2D eigenvalue weighted by Gasteiger charge is -2.08. The summed E-state index contributed by atoms with van der Waals surface area (Å²) in [6.45, 7) is 1.98. The Morgan fingerprint density at radius 3 is 2.81 bits per heavy atom. The first-order chi connectivity index (χ1) is 10.1. The van der Waals surface area contributed by atoms with Crippen molar-refractivity contribution in [1.29, 1.82) is 0 Å². The number of halogens is 2. The fraction of sp³-hybridized carbons (Fsp3) is 0.143. The Morgan fingerprint density at radius 1 is 1.29 bits per heavy atom. The van der Waals surface area contributed by atoms with Gasteiger partial charge in [-0.2, -0.15) is 4.98 Å².